The van der Waals surface area contributed by atoms with E-state index >= 15 is 0 Å². The summed E-state index contributed by atoms with van der Waals surface area (Å²) in [4.78, 5) is 31.3. The van der Waals surface area contributed by atoms with Crippen molar-refractivity contribution in [2.24, 2.45) is 0 Å². The number of amides is 1. The van der Waals surface area contributed by atoms with Crippen LogP contribution in [0.25, 0.3) is 5.65 Å². The Morgan fingerprint density at radius 3 is 2.84 bits per heavy atom. The van der Waals surface area contributed by atoms with Crippen LogP contribution in [0.4, 0.5) is 5.00 Å². The summed E-state index contributed by atoms with van der Waals surface area (Å²) in [5, 5.41) is 12.2. The molecule has 10 heteroatoms. The highest BCUT2D eigenvalue weighted by Crippen LogP contribution is 2.39. The number of hydrogen-bond acceptors (Lipinski definition) is 8. The van der Waals surface area contributed by atoms with E-state index in [2.05, 4.69) is 20.5 Å². The van der Waals surface area contributed by atoms with Crippen LogP contribution in [0.3, 0.4) is 0 Å². The minimum absolute atomic E-state index is 0.191. The molecule has 0 aromatic carbocycles. The highest BCUT2D eigenvalue weighted by molar-refractivity contribution is 8.00. The van der Waals surface area contributed by atoms with Gasteiger partial charge in [0.25, 0.3) is 0 Å². The molecule has 3 aromatic heterocycles. The minimum atomic E-state index is -0.442. The lowest BCUT2D eigenvalue weighted by Gasteiger charge is -2.13. The van der Waals surface area contributed by atoms with Gasteiger partial charge in [-0.25, -0.2) is 9.78 Å². The number of carbonyl (C=O) groups is 2. The molecule has 3 heterocycles. The number of aryl methyl sites for hydroxylation is 3. The van der Waals surface area contributed by atoms with Crippen LogP contribution in [-0.2, 0) is 22.4 Å². The normalized spacial score (nSPS) is 14.3. The zero-order valence-corrected chi connectivity index (χ0v) is 19.7. The van der Waals surface area contributed by atoms with Crippen molar-refractivity contribution >= 4 is 45.6 Å². The molecule has 1 atom stereocenters. The van der Waals surface area contributed by atoms with Gasteiger partial charge in [-0.2, -0.15) is 0 Å². The molecule has 1 N–H and O–H groups in total. The van der Waals surface area contributed by atoms with Gasteiger partial charge in [0.2, 0.25) is 5.91 Å². The lowest BCUT2D eigenvalue weighted by molar-refractivity contribution is -0.115. The molecule has 1 aliphatic rings. The quantitative estimate of drug-likeness (QED) is 0.440. The molecule has 0 saturated heterocycles. The van der Waals surface area contributed by atoms with Crippen molar-refractivity contribution < 1.29 is 14.3 Å². The third kappa shape index (κ3) is 4.31. The van der Waals surface area contributed by atoms with Gasteiger partial charge in [-0.15, -0.1) is 21.5 Å². The molecular weight excluding hydrogens is 434 g/mol. The number of esters is 1. The summed E-state index contributed by atoms with van der Waals surface area (Å²) >= 11 is 2.80. The van der Waals surface area contributed by atoms with E-state index in [1.807, 2.05) is 31.2 Å². The molecule has 0 saturated carbocycles. The Bertz CT molecular complexity index is 1150. The van der Waals surface area contributed by atoms with Crippen LogP contribution in [0.5, 0.6) is 0 Å². The molecule has 0 fully saturated rings. The molecule has 3 aromatic rings. The van der Waals surface area contributed by atoms with Crippen LogP contribution in [0, 0.1) is 13.8 Å². The van der Waals surface area contributed by atoms with Gasteiger partial charge in [-0.1, -0.05) is 11.8 Å². The molecule has 0 bridgehead atoms. The monoisotopic (exact) mass is 459 g/mol. The Labute approximate surface area is 188 Å². The van der Waals surface area contributed by atoms with Crippen LogP contribution >= 0.6 is 23.1 Å². The van der Waals surface area contributed by atoms with E-state index in [-0.39, 0.29) is 11.9 Å². The van der Waals surface area contributed by atoms with Crippen LogP contribution in [0.15, 0.2) is 11.2 Å². The smallest absolute Gasteiger partial charge is 0.341 e. The number of aromatic nitrogens is 4. The first kappa shape index (κ1) is 21.8. The topological polar surface area (TPSA) is 98.5 Å². The van der Waals surface area contributed by atoms with Crippen LogP contribution < -0.4 is 5.32 Å². The van der Waals surface area contributed by atoms with Crippen molar-refractivity contribution in [1.82, 2.24) is 19.6 Å². The van der Waals surface area contributed by atoms with Gasteiger partial charge in [0.15, 0.2) is 10.8 Å². The lowest BCUT2D eigenvalue weighted by Crippen LogP contribution is -2.23. The number of fused-ring (bicyclic) bond motifs is 2. The number of nitrogens with one attached hydrogen (secondary N) is 1. The number of thioether (sulfide) groups is 1. The fourth-order valence-corrected chi connectivity index (χ4v) is 5.96. The van der Waals surface area contributed by atoms with E-state index in [0.29, 0.717) is 28.0 Å². The second-order valence-electron chi connectivity index (χ2n) is 7.51. The lowest BCUT2D eigenvalue weighted by atomic mass is 9.95. The van der Waals surface area contributed by atoms with Crippen molar-refractivity contribution in [2.75, 3.05) is 11.9 Å². The Morgan fingerprint density at radius 2 is 2.06 bits per heavy atom. The number of carbonyl (C=O) groups excluding carboxylic acids is 2. The van der Waals surface area contributed by atoms with Crippen molar-refractivity contribution in [3.05, 3.63) is 33.6 Å². The Kier molecular flexibility index (Phi) is 6.29. The summed E-state index contributed by atoms with van der Waals surface area (Å²) in [6.45, 7) is 7.70. The zero-order valence-electron chi connectivity index (χ0n) is 18.0. The standard InChI is InChI=1S/C21H25N5O3S2/c1-5-29-20(28)17-14-8-6-7-9-15(14)31-19(17)23-18(27)12(3)30-21-25-24-16-10-11(2)22-13(4)26(16)21/h10,12H,5-9H2,1-4H3,(H,23,27). The summed E-state index contributed by atoms with van der Waals surface area (Å²) in [6, 6.07) is 1.86. The van der Waals surface area contributed by atoms with Gasteiger partial charge >= 0.3 is 5.97 Å². The highest BCUT2D eigenvalue weighted by Gasteiger charge is 2.28. The summed E-state index contributed by atoms with van der Waals surface area (Å²) < 4.78 is 7.12. The number of nitrogens with zero attached hydrogens (tertiary/aromatic N) is 4. The van der Waals surface area contributed by atoms with Crippen molar-refractivity contribution in [3.8, 4) is 0 Å². The number of anilines is 1. The van der Waals surface area contributed by atoms with Gasteiger partial charge in [-0.3, -0.25) is 9.20 Å². The Balaban J connectivity index is 1.56. The molecule has 1 amide bonds. The Morgan fingerprint density at radius 1 is 1.29 bits per heavy atom. The third-order valence-corrected chi connectivity index (χ3v) is 7.45. The van der Waals surface area contributed by atoms with E-state index in [0.717, 1.165) is 42.8 Å². The molecule has 0 aliphatic heterocycles. The average molecular weight is 460 g/mol. The largest absolute Gasteiger partial charge is 0.462 e. The molecule has 8 nitrogen and oxygen atoms in total. The van der Waals surface area contributed by atoms with E-state index in [1.54, 1.807) is 6.92 Å². The predicted molar refractivity (Wildman–Crippen MR) is 121 cm³/mol. The molecule has 1 unspecified atom stereocenters. The van der Waals surface area contributed by atoms with Gasteiger partial charge < -0.3 is 10.1 Å². The summed E-state index contributed by atoms with van der Waals surface area (Å²) in [5.41, 5.74) is 3.13. The fraction of sp³-hybridized carbons (Fsp3) is 0.476. The molecule has 0 radical (unpaired) electrons. The van der Waals surface area contributed by atoms with Gasteiger partial charge in [0.1, 0.15) is 10.8 Å². The van der Waals surface area contributed by atoms with E-state index < -0.39 is 5.25 Å². The number of hydrogen-bond donors (Lipinski definition) is 1. The molecule has 0 spiro atoms. The Hall–Kier alpha value is -2.46. The predicted octanol–water partition coefficient (Wildman–Crippen LogP) is 3.98. The molecule has 164 valence electrons. The van der Waals surface area contributed by atoms with E-state index in [9.17, 15) is 9.59 Å². The summed E-state index contributed by atoms with van der Waals surface area (Å²) in [7, 11) is 0. The first-order chi connectivity index (χ1) is 14.9. The molecule has 4 rings (SSSR count). The first-order valence-corrected chi connectivity index (χ1v) is 12.1. The van der Waals surface area contributed by atoms with Gasteiger partial charge in [-0.05, 0) is 58.9 Å². The zero-order chi connectivity index (χ0) is 22.1. The number of thiophene rings is 1. The molecule has 1 aliphatic carbocycles. The summed E-state index contributed by atoms with van der Waals surface area (Å²) in [5.74, 6) is 0.215. The molecule has 31 heavy (non-hydrogen) atoms. The number of rotatable bonds is 6. The maximum absolute atomic E-state index is 13.0. The maximum Gasteiger partial charge on any atom is 0.341 e. The first-order valence-electron chi connectivity index (χ1n) is 10.4. The van der Waals surface area contributed by atoms with Crippen molar-refractivity contribution in [1.29, 1.82) is 0 Å². The third-order valence-electron chi connectivity index (χ3n) is 5.20. The van der Waals surface area contributed by atoms with Crippen molar-refractivity contribution in [3.63, 3.8) is 0 Å². The number of ether oxygens (including phenoxy) is 1. The SMILES string of the molecule is CCOC(=O)c1c(NC(=O)C(C)Sc2nnc3cc(C)nc(C)n23)sc2c1CCCC2. The highest BCUT2D eigenvalue weighted by atomic mass is 32.2. The van der Waals surface area contributed by atoms with Crippen LogP contribution in [0.1, 0.15) is 59.0 Å². The maximum atomic E-state index is 13.0. The van der Waals surface area contributed by atoms with E-state index in [4.69, 9.17) is 4.74 Å². The fourth-order valence-electron chi connectivity index (χ4n) is 3.78. The van der Waals surface area contributed by atoms with Crippen LogP contribution in [-0.4, -0.2) is 43.3 Å². The van der Waals surface area contributed by atoms with Crippen LogP contribution in [0.2, 0.25) is 0 Å². The summed E-state index contributed by atoms with van der Waals surface area (Å²) in [6.07, 6.45) is 3.92. The second kappa shape index (κ2) is 8.96. The van der Waals surface area contributed by atoms with E-state index in [1.165, 1.54) is 28.0 Å². The van der Waals surface area contributed by atoms with Crippen molar-refractivity contribution in [2.45, 2.75) is 63.8 Å². The van der Waals surface area contributed by atoms with Gasteiger partial charge in [0.05, 0.1) is 17.4 Å². The average Bonchev–Trinajstić information content (AvgIpc) is 3.28. The minimum Gasteiger partial charge on any atom is -0.462 e. The second-order valence-corrected chi connectivity index (χ2v) is 9.92. The van der Waals surface area contributed by atoms with Gasteiger partial charge in [0, 0.05) is 16.6 Å². The molecular formula is C21H25N5O3S2.